The fourth-order valence-electron chi connectivity index (χ4n) is 2.81. The van der Waals surface area contributed by atoms with Gasteiger partial charge in [-0.3, -0.25) is 4.79 Å². The first-order chi connectivity index (χ1) is 12.3. The number of nitrogens with two attached hydrogens (primary N) is 1. The highest BCUT2D eigenvalue weighted by Crippen LogP contribution is 2.33. The van der Waals surface area contributed by atoms with Crippen molar-refractivity contribution in [2.45, 2.75) is 24.7 Å². The zero-order valence-electron chi connectivity index (χ0n) is 15.4. The molecule has 1 fully saturated rings. The van der Waals surface area contributed by atoms with Crippen LogP contribution in [0.25, 0.3) is 0 Å². The molecule has 3 N–H and O–H groups in total. The van der Waals surface area contributed by atoms with Crippen molar-refractivity contribution in [1.29, 1.82) is 0 Å². The molecular formula is C17H27N3O5S. The molecule has 1 aromatic carbocycles. The van der Waals surface area contributed by atoms with Gasteiger partial charge < -0.3 is 20.5 Å². The molecule has 1 aromatic rings. The molecule has 9 heteroatoms. The molecule has 26 heavy (non-hydrogen) atoms. The number of amides is 1. The largest absolute Gasteiger partial charge is 0.492 e. The van der Waals surface area contributed by atoms with Crippen LogP contribution in [0.3, 0.4) is 0 Å². The minimum absolute atomic E-state index is 0.0101. The summed E-state index contributed by atoms with van der Waals surface area (Å²) in [4.78, 5) is 12.8. The third kappa shape index (κ3) is 4.17. The molecule has 1 amide bonds. The fourth-order valence-corrected chi connectivity index (χ4v) is 3.86. The Morgan fingerprint density at radius 2 is 2.00 bits per heavy atom. The summed E-state index contributed by atoms with van der Waals surface area (Å²) < 4.78 is 37.0. The molecule has 1 aliphatic rings. The molecule has 0 aliphatic carbocycles. The van der Waals surface area contributed by atoms with Crippen LogP contribution in [0.2, 0.25) is 0 Å². The summed E-state index contributed by atoms with van der Waals surface area (Å²) in [6, 6.07) is 4.59. The van der Waals surface area contributed by atoms with Gasteiger partial charge in [0, 0.05) is 39.5 Å². The van der Waals surface area contributed by atoms with Crippen molar-refractivity contribution in [3.63, 3.8) is 0 Å². The number of benzene rings is 1. The van der Waals surface area contributed by atoms with E-state index in [0.29, 0.717) is 38.3 Å². The van der Waals surface area contributed by atoms with E-state index in [2.05, 4.69) is 5.32 Å². The molecule has 0 aromatic heterocycles. The second kappa shape index (κ2) is 8.34. The number of anilines is 1. The van der Waals surface area contributed by atoms with E-state index in [4.69, 9.17) is 15.2 Å². The lowest BCUT2D eigenvalue weighted by Crippen LogP contribution is -2.46. The number of carbonyl (C=O) groups is 1. The Morgan fingerprint density at radius 1 is 1.35 bits per heavy atom. The second-order valence-electron chi connectivity index (χ2n) is 6.43. The molecule has 0 spiro atoms. The molecule has 0 unspecified atom stereocenters. The molecule has 0 radical (unpaired) electrons. The Hall–Kier alpha value is -1.68. The minimum Gasteiger partial charge on any atom is -0.492 e. The Morgan fingerprint density at radius 3 is 2.54 bits per heavy atom. The highest BCUT2D eigenvalue weighted by atomic mass is 32.2. The lowest BCUT2D eigenvalue weighted by Gasteiger charge is -2.34. The number of hydrogen-bond acceptors (Lipinski definition) is 6. The van der Waals surface area contributed by atoms with Crippen molar-refractivity contribution in [2.24, 2.45) is 11.1 Å². The van der Waals surface area contributed by atoms with Crippen LogP contribution in [-0.4, -0.2) is 59.1 Å². The summed E-state index contributed by atoms with van der Waals surface area (Å²) in [7, 11) is -0.829. The number of hydrogen-bond donors (Lipinski definition) is 2. The number of rotatable bonds is 7. The molecule has 2 rings (SSSR count). The van der Waals surface area contributed by atoms with Crippen molar-refractivity contribution in [3.05, 3.63) is 18.2 Å². The van der Waals surface area contributed by atoms with E-state index in [9.17, 15) is 13.2 Å². The van der Waals surface area contributed by atoms with Gasteiger partial charge in [0.2, 0.25) is 15.9 Å². The average Bonchev–Trinajstić information content (AvgIpc) is 2.63. The summed E-state index contributed by atoms with van der Waals surface area (Å²) >= 11 is 0. The SMILES string of the molecule is CCOc1ccc(NC(=O)C2(CN)CCOCC2)cc1S(=O)(=O)N(C)C. The standard InChI is InChI=1S/C17H27N3O5S/c1-4-25-14-6-5-13(11-15(14)26(22,23)20(2)3)19-16(21)17(12-18)7-9-24-10-8-17/h5-6,11H,4,7-10,12,18H2,1-3H3,(H,19,21). The molecule has 0 saturated carbocycles. The first kappa shape index (κ1) is 20.6. The molecule has 0 bridgehead atoms. The van der Waals surface area contributed by atoms with Gasteiger partial charge in [0.25, 0.3) is 0 Å². The Kier molecular flexibility index (Phi) is 6.62. The van der Waals surface area contributed by atoms with E-state index in [0.717, 1.165) is 4.31 Å². The minimum atomic E-state index is -3.72. The first-order valence-corrected chi connectivity index (χ1v) is 9.99. The zero-order valence-corrected chi connectivity index (χ0v) is 16.3. The van der Waals surface area contributed by atoms with Crippen molar-refractivity contribution in [1.82, 2.24) is 4.31 Å². The topological polar surface area (TPSA) is 111 Å². The van der Waals surface area contributed by atoms with Gasteiger partial charge in [-0.25, -0.2) is 12.7 Å². The van der Waals surface area contributed by atoms with Gasteiger partial charge in [-0.1, -0.05) is 0 Å². The van der Waals surface area contributed by atoms with E-state index < -0.39 is 15.4 Å². The van der Waals surface area contributed by atoms with Crippen molar-refractivity contribution in [2.75, 3.05) is 45.8 Å². The quantitative estimate of drug-likeness (QED) is 0.725. The Labute approximate surface area is 154 Å². The number of carbonyl (C=O) groups excluding carboxylic acids is 1. The number of nitrogens with zero attached hydrogens (tertiary/aromatic N) is 1. The maximum Gasteiger partial charge on any atom is 0.246 e. The van der Waals surface area contributed by atoms with Crippen LogP contribution in [0.5, 0.6) is 5.75 Å². The van der Waals surface area contributed by atoms with Gasteiger partial charge in [-0.15, -0.1) is 0 Å². The zero-order chi connectivity index (χ0) is 19.4. The van der Waals surface area contributed by atoms with Gasteiger partial charge in [-0.2, -0.15) is 0 Å². The average molecular weight is 385 g/mol. The summed E-state index contributed by atoms with van der Waals surface area (Å²) in [6.07, 6.45) is 1.07. The Balaban J connectivity index is 2.34. The highest BCUT2D eigenvalue weighted by Gasteiger charge is 2.39. The van der Waals surface area contributed by atoms with Crippen LogP contribution in [0, 0.1) is 5.41 Å². The lowest BCUT2D eigenvalue weighted by molar-refractivity contribution is -0.130. The maximum absolute atomic E-state index is 12.8. The van der Waals surface area contributed by atoms with Gasteiger partial charge in [0.1, 0.15) is 10.6 Å². The smallest absolute Gasteiger partial charge is 0.246 e. The van der Waals surface area contributed by atoms with Crippen LogP contribution in [-0.2, 0) is 19.6 Å². The van der Waals surface area contributed by atoms with Crippen LogP contribution in [0.15, 0.2) is 23.1 Å². The van der Waals surface area contributed by atoms with Gasteiger partial charge >= 0.3 is 0 Å². The van der Waals surface area contributed by atoms with Crippen molar-refractivity contribution < 1.29 is 22.7 Å². The van der Waals surface area contributed by atoms with E-state index in [1.54, 1.807) is 19.1 Å². The molecule has 1 heterocycles. The summed E-state index contributed by atoms with van der Waals surface area (Å²) in [5, 5.41) is 2.81. The maximum atomic E-state index is 12.8. The highest BCUT2D eigenvalue weighted by molar-refractivity contribution is 7.89. The molecule has 1 saturated heterocycles. The van der Waals surface area contributed by atoms with E-state index in [1.165, 1.54) is 20.2 Å². The molecule has 8 nitrogen and oxygen atoms in total. The molecule has 146 valence electrons. The monoisotopic (exact) mass is 385 g/mol. The molecular weight excluding hydrogens is 358 g/mol. The van der Waals surface area contributed by atoms with Crippen LogP contribution >= 0.6 is 0 Å². The van der Waals surface area contributed by atoms with Crippen LogP contribution in [0.4, 0.5) is 5.69 Å². The fraction of sp³-hybridized carbons (Fsp3) is 0.588. The van der Waals surface area contributed by atoms with E-state index in [1.807, 2.05) is 0 Å². The van der Waals surface area contributed by atoms with Gasteiger partial charge in [0.05, 0.1) is 12.0 Å². The van der Waals surface area contributed by atoms with Crippen molar-refractivity contribution in [3.8, 4) is 5.75 Å². The van der Waals surface area contributed by atoms with E-state index in [-0.39, 0.29) is 23.1 Å². The predicted octanol–water partition coefficient (Wildman–Crippen LogP) is 1.03. The van der Waals surface area contributed by atoms with Gasteiger partial charge in [-0.05, 0) is 38.0 Å². The number of sulfonamides is 1. The number of ether oxygens (including phenoxy) is 2. The third-order valence-corrected chi connectivity index (χ3v) is 6.42. The summed E-state index contributed by atoms with van der Waals surface area (Å²) in [5.74, 6) is 0.0273. The van der Waals surface area contributed by atoms with Crippen LogP contribution in [0.1, 0.15) is 19.8 Å². The molecule has 1 aliphatic heterocycles. The van der Waals surface area contributed by atoms with Gasteiger partial charge in [0.15, 0.2) is 0 Å². The molecule has 0 atom stereocenters. The number of nitrogens with one attached hydrogen (secondary N) is 1. The normalized spacial score (nSPS) is 17.1. The van der Waals surface area contributed by atoms with Crippen molar-refractivity contribution >= 4 is 21.6 Å². The summed E-state index contributed by atoms with van der Waals surface area (Å²) in [5.41, 5.74) is 5.55. The first-order valence-electron chi connectivity index (χ1n) is 8.55. The predicted molar refractivity (Wildman–Crippen MR) is 98.7 cm³/mol. The van der Waals surface area contributed by atoms with E-state index >= 15 is 0 Å². The second-order valence-corrected chi connectivity index (χ2v) is 8.55. The Bertz CT molecular complexity index is 743. The van der Waals surface area contributed by atoms with Crippen LogP contribution < -0.4 is 15.8 Å². The third-order valence-electron chi connectivity index (χ3n) is 4.58. The summed E-state index contributed by atoms with van der Waals surface area (Å²) in [6.45, 7) is 3.28. The lowest BCUT2D eigenvalue weighted by atomic mass is 9.79.